The van der Waals surface area contributed by atoms with Crippen LogP contribution >= 0.6 is 0 Å². The van der Waals surface area contributed by atoms with Crippen molar-refractivity contribution in [3.63, 3.8) is 0 Å². The lowest BCUT2D eigenvalue weighted by atomic mass is 10.1. The molecule has 0 saturated carbocycles. The van der Waals surface area contributed by atoms with Gasteiger partial charge in [-0.05, 0) is 50.5 Å². The summed E-state index contributed by atoms with van der Waals surface area (Å²) in [6.45, 7) is 6.16. The van der Waals surface area contributed by atoms with E-state index in [1.165, 1.54) is 10.5 Å². The van der Waals surface area contributed by atoms with E-state index in [1.54, 1.807) is 16.8 Å². The Hall–Kier alpha value is -3.74. The summed E-state index contributed by atoms with van der Waals surface area (Å²) in [5.74, 6) is -0.369. The molecule has 0 aliphatic rings. The predicted octanol–water partition coefficient (Wildman–Crippen LogP) is 2.99. The van der Waals surface area contributed by atoms with Crippen molar-refractivity contribution in [1.29, 1.82) is 5.41 Å². The Morgan fingerprint density at radius 1 is 1.13 bits per heavy atom. The van der Waals surface area contributed by atoms with Gasteiger partial charge in [-0.3, -0.25) is 19.4 Å². The molecule has 31 heavy (non-hydrogen) atoms. The van der Waals surface area contributed by atoms with Crippen LogP contribution < -0.4 is 16.4 Å². The minimum Gasteiger partial charge on any atom is -0.352 e. The van der Waals surface area contributed by atoms with E-state index in [1.807, 2.05) is 57.2 Å². The molecular weight excluding hydrogens is 390 g/mol. The van der Waals surface area contributed by atoms with Crippen LogP contribution in [0.25, 0.3) is 16.7 Å². The molecule has 0 fully saturated rings. The van der Waals surface area contributed by atoms with E-state index in [0.717, 1.165) is 11.1 Å². The van der Waals surface area contributed by atoms with Gasteiger partial charge in [0.15, 0.2) is 0 Å². The third-order valence-corrected chi connectivity index (χ3v) is 5.38. The van der Waals surface area contributed by atoms with Gasteiger partial charge in [-0.2, -0.15) is 0 Å². The first kappa shape index (κ1) is 20.5. The van der Waals surface area contributed by atoms with Crippen molar-refractivity contribution >= 4 is 22.6 Å². The molecule has 0 unspecified atom stereocenters. The van der Waals surface area contributed by atoms with Crippen LogP contribution in [0.15, 0.2) is 59.5 Å². The Labute approximate surface area is 179 Å². The molecule has 4 rings (SSSR count). The lowest BCUT2D eigenvalue weighted by Crippen LogP contribution is -2.36. The minimum absolute atomic E-state index is 0.0459. The van der Waals surface area contributed by atoms with Gasteiger partial charge in [0.2, 0.25) is 0 Å². The molecule has 2 N–H and O–H groups in total. The highest BCUT2D eigenvalue weighted by Gasteiger charge is 2.19. The number of aromatic nitrogens is 3. The fourth-order valence-electron chi connectivity index (χ4n) is 3.79. The molecule has 0 aliphatic heterocycles. The average molecular weight is 415 g/mol. The fraction of sp³-hybridized carbons (Fsp3) is 0.250. The number of nitrogens with zero attached hydrogens (tertiary/aromatic N) is 3. The number of fused-ring (bicyclic) bond motifs is 2. The molecule has 0 radical (unpaired) electrons. The van der Waals surface area contributed by atoms with E-state index in [4.69, 9.17) is 10.4 Å². The zero-order valence-electron chi connectivity index (χ0n) is 17.8. The number of nitrogens with one attached hydrogen (secondary N) is 2. The molecule has 0 bridgehead atoms. The standard InChI is InChI=1S/C24H25N5O2/c1-15(2)29-20(25)18(23(30)26-12-11-17-9-5-4-6-10-17)14-19-22(29)27-21-16(3)8-7-13-28(21)24(19)31/h4-10,13-15,25H,11-12H2,1-3H3,(H,26,30). The topological polar surface area (TPSA) is 92.3 Å². The highest BCUT2D eigenvalue weighted by atomic mass is 16.1. The third kappa shape index (κ3) is 3.74. The van der Waals surface area contributed by atoms with Crippen LogP contribution in [0.5, 0.6) is 0 Å². The highest BCUT2D eigenvalue weighted by molar-refractivity contribution is 5.96. The van der Waals surface area contributed by atoms with Gasteiger partial charge < -0.3 is 9.88 Å². The Morgan fingerprint density at radius 3 is 2.58 bits per heavy atom. The number of hydrogen-bond donors (Lipinski definition) is 2. The van der Waals surface area contributed by atoms with Crippen LogP contribution in [0, 0.1) is 12.3 Å². The van der Waals surface area contributed by atoms with Crippen LogP contribution in [0.3, 0.4) is 0 Å². The number of hydrogen-bond acceptors (Lipinski definition) is 4. The van der Waals surface area contributed by atoms with E-state index in [9.17, 15) is 9.59 Å². The monoisotopic (exact) mass is 415 g/mol. The first-order valence-electron chi connectivity index (χ1n) is 10.3. The molecule has 4 aromatic rings. The number of pyridine rings is 2. The van der Waals surface area contributed by atoms with Crippen molar-refractivity contribution in [2.75, 3.05) is 6.54 Å². The number of carbonyl (C=O) groups is 1. The van der Waals surface area contributed by atoms with Crippen LogP contribution in [-0.2, 0) is 6.42 Å². The summed E-state index contributed by atoms with van der Waals surface area (Å²) in [6.07, 6.45) is 2.36. The Balaban J connectivity index is 1.81. The molecule has 7 heteroatoms. The second-order valence-electron chi connectivity index (χ2n) is 7.90. The molecule has 0 saturated heterocycles. The number of aryl methyl sites for hydroxylation is 1. The number of rotatable bonds is 5. The van der Waals surface area contributed by atoms with E-state index in [2.05, 4.69) is 5.32 Å². The molecule has 0 atom stereocenters. The Kier molecular flexibility index (Phi) is 5.42. The summed E-state index contributed by atoms with van der Waals surface area (Å²) in [5.41, 5.74) is 2.91. The van der Waals surface area contributed by atoms with E-state index in [-0.39, 0.29) is 28.6 Å². The zero-order valence-corrected chi connectivity index (χ0v) is 17.8. The minimum atomic E-state index is -0.369. The summed E-state index contributed by atoms with van der Waals surface area (Å²) >= 11 is 0. The van der Waals surface area contributed by atoms with Crippen molar-refractivity contribution in [2.24, 2.45) is 0 Å². The van der Waals surface area contributed by atoms with Crippen LogP contribution in [0.4, 0.5) is 0 Å². The van der Waals surface area contributed by atoms with Gasteiger partial charge in [0.25, 0.3) is 11.5 Å². The second kappa shape index (κ2) is 8.18. The van der Waals surface area contributed by atoms with Gasteiger partial charge >= 0.3 is 0 Å². The summed E-state index contributed by atoms with van der Waals surface area (Å²) in [6, 6.07) is 14.9. The van der Waals surface area contributed by atoms with Gasteiger partial charge in [0, 0.05) is 18.8 Å². The molecule has 3 aromatic heterocycles. The molecule has 1 amide bonds. The third-order valence-electron chi connectivity index (χ3n) is 5.38. The van der Waals surface area contributed by atoms with Gasteiger partial charge in [-0.1, -0.05) is 36.4 Å². The first-order chi connectivity index (χ1) is 14.9. The lowest BCUT2D eigenvalue weighted by molar-refractivity contribution is 0.0951. The molecular formula is C24H25N5O2. The molecule has 0 aliphatic carbocycles. The number of amides is 1. The first-order valence-corrected chi connectivity index (χ1v) is 10.3. The Bertz CT molecular complexity index is 1400. The molecule has 158 valence electrons. The van der Waals surface area contributed by atoms with Gasteiger partial charge in [0.1, 0.15) is 16.8 Å². The number of benzene rings is 1. The molecule has 3 heterocycles. The van der Waals surface area contributed by atoms with E-state index < -0.39 is 0 Å². The lowest BCUT2D eigenvalue weighted by Gasteiger charge is -2.17. The van der Waals surface area contributed by atoms with Crippen molar-refractivity contribution in [2.45, 2.75) is 33.2 Å². The highest BCUT2D eigenvalue weighted by Crippen LogP contribution is 2.15. The zero-order chi connectivity index (χ0) is 22.1. The largest absolute Gasteiger partial charge is 0.352 e. The fourth-order valence-corrected chi connectivity index (χ4v) is 3.79. The maximum atomic E-state index is 13.2. The smallest absolute Gasteiger partial charge is 0.267 e. The van der Waals surface area contributed by atoms with Gasteiger partial charge in [-0.25, -0.2) is 4.98 Å². The van der Waals surface area contributed by atoms with Crippen molar-refractivity contribution in [1.82, 2.24) is 19.3 Å². The van der Waals surface area contributed by atoms with Crippen LogP contribution in [0.1, 0.15) is 41.4 Å². The van der Waals surface area contributed by atoms with Crippen molar-refractivity contribution in [3.05, 3.63) is 87.3 Å². The van der Waals surface area contributed by atoms with E-state index in [0.29, 0.717) is 29.6 Å². The summed E-state index contributed by atoms with van der Waals surface area (Å²) < 4.78 is 3.14. The summed E-state index contributed by atoms with van der Waals surface area (Å²) in [5, 5.41) is 11.9. The SMILES string of the molecule is Cc1cccn2c(=O)c3cc(C(=O)NCCc4ccccc4)c(=N)n(C(C)C)c3nc12. The quantitative estimate of drug-likeness (QED) is 0.491. The predicted molar refractivity (Wildman–Crippen MR) is 120 cm³/mol. The van der Waals surface area contributed by atoms with Crippen molar-refractivity contribution in [3.8, 4) is 0 Å². The number of carbonyl (C=O) groups excluding carboxylic acids is 1. The van der Waals surface area contributed by atoms with Gasteiger partial charge in [0.05, 0.1) is 10.9 Å². The van der Waals surface area contributed by atoms with E-state index >= 15 is 0 Å². The normalized spacial score (nSPS) is 11.4. The summed E-state index contributed by atoms with van der Waals surface area (Å²) in [7, 11) is 0. The maximum Gasteiger partial charge on any atom is 0.267 e. The van der Waals surface area contributed by atoms with Crippen LogP contribution in [-0.4, -0.2) is 26.4 Å². The molecule has 7 nitrogen and oxygen atoms in total. The van der Waals surface area contributed by atoms with Crippen LogP contribution in [0.2, 0.25) is 0 Å². The molecule has 0 spiro atoms. The average Bonchev–Trinajstić information content (AvgIpc) is 2.75. The second-order valence-corrected chi connectivity index (χ2v) is 7.90. The summed E-state index contributed by atoms with van der Waals surface area (Å²) in [4.78, 5) is 30.8. The maximum absolute atomic E-state index is 13.2. The molecule has 1 aromatic carbocycles. The Morgan fingerprint density at radius 2 is 1.87 bits per heavy atom. The van der Waals surface area contributed by atoms with Crippen molar-refractivity contribution < 1.29 is 4.79 Å². The van der Waals surface area contributed by atoms with Gasteiger partial charge in [-0.15, -0.1) is 0 Å².